The number of hydrogen-bond donors (Lipinski definition) is 1. The molecule has 0 saturated carbocycles. The second-order valence-electron chi connectivity index (χ2n) is 5.03. The molecule has 2 rings (SSSR count). The molecule has 21 heavy (non-hydrogen) atoms. The molecule has 5 heteroatoms. The summed E-state index contributed by atoms with van der Waals surface area (Å²) < 4.78 is 14.0. The van der Waals surface area contributed by atoms with E-state index in [9.17, 15) is 4.39 Å². The van der Waals surface area contributed by atoms with Crippen molar-refractivity contribution in [2.24, 2.45) is 0 Å². The van der Waals surface area contributed by atoms with Crippen LogP contribution >= 0.6 is 0 Å². The number of rotatable bonds is 5. The average Bonchev–Trinajstić information content (AvgIpc) is 2.47. The van der Waals surface area contributed by atoms with Crippen molar-refractivity contribution in [2.45, 2.75) is 13.1 Å². The van der Waals surface area contributed by atoms with Crippen molar-refractivity contribution in [3.63, 3.8) is 0 Å². The number of nitrogens with one attached hydrogen (secondary N) is 1. The molecule has 108 valence electrons. The Bertz CT molecular complexity index is 662. The highest BCUT2D eigenvalue weighted by molar-refractivity contribution is 5.51. The zero-order valence-corrected chi connectivity index (χ0v) is 12.1. The van der Waals surface area contributed by atoms with E-state index in [4.69, 9.17) is 5.26 Å². The second kappa shape index (κ2) is 6.82. The van der Waals surface area contributed by atoms with E-state index < -0.39 is 0 Å². The third kappa shape index (κ3) is 4.01. The number of anilines is 1. The molecule has 2 aromatic rings. The van der Waals surface area contributed by atoms with E-state index in [1.807, 2.05) is 25.1 Å². The fourth-order valence-electron chi connectivity index (χ4n) is 1.99. The zero-order chi connectivity index (χ0) is 15.2. The Morgan fingerprint density at radius 3 is 2.81 bits per heavy atom. The second-order valence-corrected chi connectivity index (χ2v) is 5.03. The summed E-state index contributed by atoms with van der Waals surface area (Å²) in [6, 6.07) is 10.6. The van der Waals surface area contributed by atoms with Crippen LogP contribution in [0, 0.1) is 17.1 Å². The maximum Gasteiger partial charge on any atom is 0.144 e. The lowest BCUT2D eigenvalue weighted by atomic mass is 10.1. The van der Waals surface area contributed by atoms with Crippen molar-refractivity contribution in [2.75, 3.05) is 19.4 Å². The molecule has 1 N–H and O–H groups in total. The van der Waals surface area contributed by atoms with Crippen LogP contribution in [0.1, 0.15) is 16.7 Å². The molecule has 0 spiro atoms. The van der Waals surface area contributed by atoms with Crippen molar-refractivity contribution >= 4 is 5.82 Å². The van der Waals surface area contributed by atoms with Crippen LogP contribution in [-0.2, 0) is 13.1 Å². The lowest BCUT2D eigenvalue weighted by Crippen LogP contribution is -2.12. The Morgan fingerprint density at radius 1 is 1.33 bits per heavy atom. The van der Waals surface area contributed by atoms with Gasteiger partial charge in [-0.2, -0.15) is 5.26 Å². The van der Waals surface area contributed by atoms with Crippen LogP contribution in [0.2, 0.25) is 0 Å². The number of aromatic nitrogens is 1. The molecule has 0 aliphatic heterocycles. The summed E-state index contributed by atoms with van der Waals surface area (Å²) >= 11 is 0. The van der Waals surface area contributed by atoms with Crippen LogP contribution < -0.4 is 5.32 Å². The normalized spacial score (nSPS) is 10.4. The lowest BCUT2D eigenvalue weighted by Gasteiger charge is -2.12. The Hall–Kier alpha value is -2.45. The Morgan fingerprint density at radius 2 is 2.14 bits per heavy atom. The third-order valence-electron chi connectivity index (χ3n) is 2.99. The Labute approximate surface area is 123 Å². The summed E-state index contributed by atoms with van der Waals surface area (Å²) in [5, 5.41) is 12.0. The minimum absolute atomic E-state index is 0.218. The molecular weight excluding hydrogens is 267 g/mol. The van der Waals surface area contributed by atoms with Gasteiger partial charge in [0.2, 0.25) is 0 Å². The van der Waals surface area contributed by atoms with Crippen LogP contribution in [-0.4, -0.2) is 24.0 Å². The molecule has 0 amide bonds. The standard InChI is InChI=1S/C16H17FN4/c1-21(2)11-14-6-5-12(8-15(14)17)10-20-16-13(9-18)4-3-7-19-16/h3-8H,10-11H2,1-2H3,(H,19,20). The highest BCUT2D eigenvalue weighted by Gasteiger charge is 2.06. The first kappa shape index (κ1) is 14.9. The van der Waals surface area contributed by atoms with Crippen LogP contribution in [0.3, 0.4) is 0 Å². The fourth-order valence-corrected chi connectivity index (χ4v) is 1.99. The van der Waals surface area contributed by atoms with Crippen LogP contribution in [0.15, 0.2) is 36.5 Å². The van der Waals surface area contributed by atoms with Crippen LogP contribution in [0.25, 0.3) is 0 Å². The van der Waals surface area contributed by atoms with Gasteiger partial charge in [0.25, 0.3) is 0 Å². The van der Waals surface area contributed by atoms with Gasteiger partial charge in [-0.15, -0.1) is 0 Å². The number of nitrogens with zero attached hydrogens (tertiary/aromatic N) is 3. The largest absolute Gasteiger partial charge is 0.365 e. The summed E-state index contributed by atoms with van der Waals surface area (Å²) in [5.74, 6) is 0.294. The van der Waals surface area contributed by atoms with Gasteiger partial charge in [0, 0.05) is 24.8 Å². The fraction of sp³-hybridized carbons (Fsp3) is 0.250. The Balaban J connectivity index is 2.07. The molecule has 0 saturated heterocycles. The van der Waals surface area contributed by atoms with Crippen LogP contribution in [0.4, 0.5) is 10.2 Å². The number of pyridine rings is 1. The van der Waals surface area contributed by atoms with Gasteiger partial charge in [0.15, 0.2) is 0 Å². The smallest absolute Gasteiger partial charge is 0.144 e. The van der Waals surface area contributed by atoms with Gasteiger partial charge < -0.3 is 10.2 Å². The number of nitriles is 1. The van der Waals surface area contributed by atoms with Crippen molar-refractivity contribution in [3.8, 4) is 6.07 Å². The lowest BCUT2D eigenvalue weighted by molar-refractivity contribution is 0.392. The summed E-state index contributed by atoms with van der Waals surface area (Å²) in [5.41, 5.74) is 1.95. The first-order valence-corrected chi connectivity index (χ1v) is 6.61. The maximum atomic E-state index is 14.0. The molecule has 0 atom stereocenters. The van der Waals surface area contributed by atoms with Crippen LogP contribution in [0.5, 0.6) is 0 Å². The van der Waals surface area contributed by atoms with E-state index in [1.165, 1.54) is 6.07 Å². The van der Waals surface area contributed by atoms with Gasteiger partial charge in [0.1, 0.15) is 17.7 Å². The maximum absolute atomic E-state index is 14.0. The minimum Gasteiger partial charge on any atom is -0.365 e. The monoisotopic (exact) mass is 284 g/mol. The molecule has 0 aliphatic rings. The average molecular weight is 284 g/mol. The third-order valence-corrected chi connectivity index (χ3v) is 2.99. The summed E-state index contributed by atoms with van der Waals surface area (Å²) in [4.78, 5) is 6.03. The highest BCUT2D eigenvalue weighted by atomic mass is 19.1. The van der Waals surface area contributed by atoms with Crippen molar-refractivity contribution < 1.29 is 4.39 Å². The van der Waals surface area contributed by atoms with Crippen molar-refractivity contribution in [3.05, 3.63) is 59.0 Å². The summed E-state index contributed by atoms with van der Waals surface area (Å²) in [6.07, 6.45) is 1.62. The minimum atomic E-state index is -0.218. The summed E-state index contributed by atoms with van der Waals surface area (Å²) in [7, 11) is 3.80. The van der Waals surface area contributed by atoms with Gasteiger partial charge in [-0.3, -0.25) is 0 Å². The SMILES string of the molecule is CN(C)Cc1ccc(CNc2ncccc2C#N)cc1F. The number of hydrogen-bond acceptors (Lipinski definition) is 4. The van der Waals surface area contributed by atoms with Crippen molar-refractivity contribution in [1.82, 2.24) is 9.88 Å². The molecule has 0 bridgehead atoms. The first-order chi connectivity index (χ1) is 10.1. The molecule has 0 radical (unpaired) electrons. The van der Waals surface area contributed by atoms with Gasteiger partial charge in [-0.1, -0.05) is 12.1 Å². The number of benzene rings is 1. The highest BCUT2D eigenvalue weighted by Crippen LogP contribution is 2.15. The number of halogens is 1. The topological polar surface area (TPSA) is 52.0 Å². The molecule has 0 aliphatic carbocycles. The molecule has 0 unspecified atom stereocenters. The zero-order valence-electron chi connectivity index (χ0n) is 12.1. The van der Waals surface area contributed by atoms with E-state index in [0.29, 0.717) is 30.0 Å². The molecular formula is C16H17FN4. The van der Waals surface area contributed by atoms with E-state index >= 15 is 0 Å². The van der Waals surface area contributed by atoms with Crippen molar-refractivity contribution in [1.29, 1.82) is 5.26 Å². The van der Waals surface area contributed by atoms with E-state index in [-0.39, 0.29) is 5.82 Å². The first-order valence-electron chi connectivity index (χ1n) is 6.61. The van der Waals surface area contributed by atoms with E-state index in [0.717, 1.165) is 5.56 Å². The summed E-state index contributed by atoms with van der Waals surface area (Å²) in [6.45, 7) is 0.989. The molecule has 1 heterocycles. The van der Waals surface area contributed by atoms with Gasteiger partial charge in [0.05, 0.1) is 5.56 Å². The quantitative estimate of drug-likeness (QED) is 0.917. The molecule has 1 aromatic heterocycles. The van der Waals surface area contributed by atoms with Gasteiger partial charge in [-0.25, -0.2) is 9.37 Å². The van der Waals surface area contributed by atoms with E-state index in [2.05, 4.69) is 16.4 Å². The molecule has 1 aromatic carbocycles. The van der Waals surface area contributed by atoms with E-state index in [1.54, 1.807) is 24.4 Å². The predicted molar refractivity (Wildman–Crippen MR) is 80.1 cm³/mol. The van der Waals surface area contributed by atoms with Gasteiger partial charge >= 0.3 is 0 Å². The van der Waals surface area contributed by atoms with Gasteiger partial charge in [-0.05, 0) is 37.9 Å². The predicted octanol–water partition coefficient (Wildman–Crippen LogP) is 2.77. The Kier molecular flexibility index (Phi) is 4.85. The molecule has 4 nitrogen and oxygen atoms in total. The molecule has 0 fully saturated rings.